The monoisotopic (exact) mass is 1100 g/mol. The zero-order valence-corrected chi connectivity index (χ0v) is 40.2. The first-order valence-electron chi connectivity index (χ1n) is 21.9. The number of rotatable bonds is 12. The third-order valence-electron chi connectivity index (χ3n) is 13.6. The van der Waals surface area contributed by atoms with E-state index in [0.29, 0.717) is 25.7 Å². The number of nitrogens with zero attached hydrogens (tertiary/aromatic N) is 2. The summed E-state index contributed by atoms with van der Waals surface area (Å²) < 4.78 is 148. The molecule has 0 aromatic heterocycles. The highest BCUT2D eigenvalue weighted by atomic mass is 79.9. The molecule has 2 N–H and O–H groups in total. The molecule has 0 unspecified atom stereocenters. The molecular formula is C44H48Br2F6N4O8S2. The van der Waals surface area contributed by atoms with Gasteiger partial charge in [0.05, 0.1) is 79.8 Å². The summed E-state index contributed by atoms with van der Waals surface area (Å²) in [6.45, 7) is 0. The molecule has 0 aliphatic heterocycles. The van der Waals surface area contributed by atoms with Crippen LogP contribution in [0.1, 0.15) is 114 Å². The number of amides is 2. The van der Waals surface area contributed by atoms with E-state index in [2.05, 4.69) is 54.6 Å². The maximum Gasteiger partial charge on any atom is 0.417 e. The van der Waals surface area contributed by atoms with Crippen molar-refractivity contribution in [3.63, 3.8) is 0 Å². The number of hydrogen-bond donors (Lipinski definition) is 2. The van der Waals surface area contributed by atoms with Gasteiger partial charge < -0.3 is 20.1 Å². The van der Waals surface area contributed by atoms with Gasteiger partial charge in [-0.15, -0.1) is 0 Å². The number of alkyl halides is 6. The Labute approximate surface area is 396 Å². The minimum atomic E-state index is -4.85. The highest BCUT2D eigenvalue weighted by Crippen LogP contribution is 2.46. The van der Waals surface area contributed by atoms with Crippen LogP contribution < -0.4 is 10.6 Å². The van der Waals surface area contributed by atoms with Crippen LogP contribution in [-0.4, -0.2) is 74.6 Å². The van der Waals surface area contributed by atoms with Crippen molar-refractivity contribution in [2.75, 3.05) is 0 Å². The lowest BCUT2D eigenvalue weighted by Crippen LogP contribution is -2.43. The number of carbonyl (C=O) groups is 2. The van der Waals surface area contributed by atoms with Crippen LogP contribution >= 0.6 is 31.9 Å². The summed E-state index contributed by atoms with van der Waals surface area (Å²) in [6, 6.07) is 10.1. The van der Waals surface area contributed by atoms with Crippen molar-refractivity contribution in [1.29, 1.82) is 10.5 Å². The molecular weight excluding hydrogens is 1050 g/mol. The molecule has 0 heterocycles. The average Bonchev–Trinajstić information content (AvgIpc) is 3.77. The van der Waals surface area contributed by atoms with E-state index in [0.717, 1.165) is 75.6 Å². The summed E-state index contributed by atoms with van der Waals surface area (Å²) in [5.41, 5.74) is -4.33. The molecule has 8 rings (SSSR count). The van der Waals surface area contributed by atoms with Crippen LogP contribution in [0.4, 0.5) is 26.3 Å². The quantitative estimate of drug-likeness (QED) is 0.194. The number of benzene rings is 2. The van der Waals surface area contributed by atoms with Gasteiger partial charge in [-0.25, -0.2) is 16.8 Å². The molecule has 2 aromatic rings. The zero-order valence-electron chi connectivity index (χ0n) is 35.4. The Bertz CT molecular complexity index is 2320. The fraction of sp³-hybridized carbons (Fsp3) is 0.636. The van der Waals surface area contributed by atoms with Crippen LogP contribution in [0.25, 0.3) is 0 Å². The standard InChI is InChI=1S/2C22H24BrF3N2O4S/c2*23-13-5-6-19(17(9-13)22(24,25)26)33(30,31)15-10-16(20(29)28-21(12-27)7-8-21)18(11-15)32-14-3-1-2-4-14/h2*5-6,9,14-16,18H,1-4,7-8,10-11H2,(H,28,29)/t2*15-,16-,18-/m10/s1. The highest BCUT2D eigenvalue weighted by molar-refractivity contribution is 9.10. The molecule has 2 amide bonds. The molecule has 6 saturated carbocycles. The van der Waals surface area contributed by atoms with Gasteiger partial charge in [-0.1, -0.05) is 57.5 Å². The second-order valence-electron chi connectivity index (χ2n) is 18.3. The molecule has 6 aliphatic rings. The molecule has 6 fully saturated rings. The zero-order chi connectivity index (χ0) is 48.0. The Morgan fingerprint density at radius 3 is 1.23 bits per heavy atom. The van der Waals surface area contributed by atoms with E-state index >= 15 is 0 Å². The number of carbonyl (C=O) groups excluding carboxylic acids is 2. The lowest BCUT2D eigenvalue weighted by molar-refractivity contribution is -0.140. The molecule has 66 heavy (non-hydrogen) atoms. The van der Waals surface area contributed by atoms with E-state index in [4.69, 9.17) is 9.47 Å². The van der Waals surface area contributed by atoms with Crippen LogP contribution in [0.2, 0.25) is 0 Å². The predicted molar refractivity (Wildman–Crippen MR) is 231 cm³/mol. The first-order valence-corrected chi connectivity index (χ1v) is 26.6. The Kier molecular flexibility index (Phi) is 14.8. The Hall–Kier alpha value is -3.28. The molecule has 2 aromatic carbocycles. The van der Waals surface area contributed by atoms with Gasteiger partial charge in [0.25, 0.3) is 0 Å². The van der Waals surface area contributed by atoms with Crippen molar-refractivity contribution in [3.05, 3.63) is 56.5 Å². The van der Waals surface area contributed by atoms with E-state index in [9.17, 15) is 63.3 Å². The van der Waals surface area contributed by atoms with Crippen molar-refractivity contribution in [2.45, 2.75) is 171 Å². The van der Waals surface area contributed by atoms with Crippen LogP contribution in [0.5, 0.6) is 0 Å². The summed E-state index contributed by atoms with van der Waals surface area (Å²) in [5.74, 6) is -2.63. The minimum Gasteiger partial charge on any atom is -0.374 e. The van der Waals surface area contributed by atoms with Gasteiger partial charge in [-0.3, -0.25) is 9.59 Å². The van der Waals surface area contributed by atoms with Gasteiger partial charge in [0.2, 0.25) is 11.8 Å². The third-order valence-corrected chi connectivity index (χ3v) is 19.0. The first kappa shape index (κ1) is 50.6. The highest BCUT2D eigenvalue weighted by Gasteiger charge is 2.54. The predicted octanol–water partition coefficient (Wildman–Crippen LogP) is 9.04. The normalized spacial score (nSPS) is 27.3. The maximum absolute atomic E-state index is 13.6. The summed E-state index contributed by atoms with van der Waals surface area (Å²) >= 11 is 5.95. The second-order valence-corrected chi connectivity index (χ2v) is 24.5. The van der Waals surface area contributed by atoms with Crippen molar-refractivity contribution >= 4 is 63.3 Å². The van der Waals surface area contributed by atoms with Gasteiger partial charge in [-0.05, 0) is 113 Å². The van der Waals surface area contributed by atoms with E-state index < -0.39 is 110 Å². The van der Waals surface area contributed by atoms with E-state index in [1.165, 1.54) is 12.1 Å². The van der Waals surface area contributed by atoms with E-state index in [-0.39, 0.29) is 46.8 Å². The van der Waals surface area contributed by atoms with E-state index in [1.807, 2.05) is 0 Å². The molecule has 0 radical (unpaired) electrons. The Balaban J connectivity index is 0.000000196. The fourth-order valence-electron chi connectivity index (χ4n) is 9.55. The Morgan fingerprint density at radius 1 is 0.606 bits per heavy atom. The van der Waals surface area contributed by atoms with Gasteiger partial charge in [0.15, 0.2) is 19.7 Å². The molecule has 6 aliphatic carbocycles. The van der Waals surface area contributed by atoms with Crippen LogP contribution in [0.3, 0.4) is 0 Å². The number of hydrogen-bond acceptors (Lipinski definition) is 10. The molecule has 0 bridgehead atoms. The summed E-state index contributed by atoms with van der Waals surface area (Å²) in [5, 5.41) is 21.6. The molecule has 6 atom stereocenters. The Morgan fingerprint density at radius 2 is 0.939 bits per heavy atom. The second kappa shape index (κ2) is 19.3. The SMILES string of the molecule is N#CC1(NC(=O)[C@@H]2C[C@@H](S(=O)(=O)c3ccc(Br)cc3C(F)(F)F)C[C@H]2OC2CCCC2)CC1.N#CC1(NC(=O)[C@H]2C[C@H](S(=O)(=O)c3ccc(Br)cc3C(F)(F)F)C[C@@H]2OC2CCCC2)CC1. The summed E-state index contributed by atoms with van der Waals surface area (Å²) in [6.07, 6.45) is -2.63. The number of sulfone groups is 2. The molecule has 0 saturated heterocycles. The van der Waals surface area contributed by atoms with Crippen molar-refractivity contribution in [3.8, 4) is 12.1 Å². The third kappa shape index (κ3) is 11.3. The minimum absolute atomic E-state index is 0.0656. The van der Waals surface area contributed by atoms with Crippen LogP contribution in [-0.2, 0) is 51.1 Å². The molecule has 360 valence electrons. The van der Waals surface area contributed by atoms with Gasteiger partial charge in [0.1, 0.15) is 11.1 Å². The largest absolute Gasteiger partial charge is 0.417 e. The molecule has 22 heteroatoms. The summed E-state index contributed by atoms with van der Waals surface area (Å²) in [7, 11) is -8.80. The molecule has 0 spiro atoms. The smallest absolute Gasteiger partial charge is 0.374 e. The number of nitriles is 2. The van der Waals surface area contributed by atoms with Crippen LogP contribution in [0.15, 0.2) is 55.1 Å². The topological polar surface area (TPSA) is 193 Å². The summed E-state index contributed by atoms with van der Waals surface area (Å²) in [4.78, 5) is 24.4. The number of ether oxygens (including phenoxy) is 2. The number of nitrogens with one attached hydrogen (secondary N) is 2. The van der Waals surface area contributed by atoms with Crippen molar-refractivity contribution in [1.82, 2.24) is 10.6 Å². The van der Waals surface area contributed by atoms with Crippen molar-refractivity contribution < 1.29 is 62.2 Å². The van der Waals surface area contributed by atoms with Crippen molar-refractivity contribution in [2.24, 2.45) is 11.8 Å². The number of halogens is 8. The van der Waals surface area contributed by atoms with Crippen LogP contribution in [0, 0.1) is 34.5 Å². The van der Waals surface area contributed by atoms with Gasteiger partial charge in [0, 0.05) is 8.95 Å². The lowest BCUT2D eigenvalue weighted by atomic mass is 10.0. The van der Waals surface area contributed by atoms with Gasteiger partial charge in [-0.2, -0.15) is 36.9 Å². The average molecular weight is 1100 g/mol. The lowest BCUT2D eigenvalue weighted by Gasteiger charge is -2.24. The first-order chi connectivity index (χ1) is 30.9. The molecule has 12 nitrogen and oxygen atoms in total. The fourth-order valence-corrected chi connectivity index (χ4v) is 14.3. The van der Waals surface area contributed by atoms with E-state index in [1.54, 1.807) is 0 Å². The van der Waals surface area contributed by atoms with Gasteiger partial charge >= 0.3 is 12.4 Å². The maximum atomic E-state index is 13.6.